The summed E-state index contributed by atoms with van der Waals surface area (Å²) in [5, 5.41) is 8.50. The summed E-state index contributed by atoms with van der Waals surface area (Å²) in [7, 11) is 0. The van der Waals surface area contributed by atoms with Gasteiger partial charge in [0.25, 0.3) is 0 Å². The van der Waals surface area contributed by atoms with Crippen LogP contribution in [-0.4, -0.2) is 5.12 Å². The Morgan fingerprint density at radius 3 is 1.50 bits per heavy atom. The molecule has 0 aliphatic rings. The van der Waals surface area contributed by atoms with Crippen LogP contribution in [0.3, 0.4) is 0 Å². The van der Waals surface area contributed by atoms with Gasteiger partial charge >= 0.3 is 0 Å². The van der Waals surface area contributed by atoms with Crippen molar-refractivity contribution in [3.8, 4) is 6.07 Å². The highest BCUT2D eigenvalue weighted by Crippen LogP contribution is 2.15. The third-order valence-electron chi connectivity index (χ3n) is 4.30. The third kappa shape index (κ3) is 14.4. The van der Waals surface area contributed by atoms with Gasteiger partial charge in [0.15, 0.2) is 0 Å². The molecule has 0 spiro atoms. The maximum Gasteiger partial charge on any atom is 0.203 e. The molecule has 0 aliphatic carbocycles. The topological polar surface area (TPSA) is 40.9 Å². The summed E-state index contributed by atoms with van der Waals surface area (Å²) >= 11 is 3.73. The van der Waals surface area contributed by atoms with Crippen LogP contribution in [0.1, 0.15) is 103 Å². The second kappa shape index (κ2) is 16.9. The SMILES string of the molecule is CCCCCCCCCCCCCCCCC(C#N)C(=O)S. The van der Waals surface area contributed by atoms with E-state index in [9.17, 15) is 4.79 Å². The van der Waals surface area contributed by atoms with Crippen molar-refractivity contribution < 1.29 is 4.79 Å². The molecule has 0 aromatic carbocycles. The lowest BCUT2D eigenvalue weighted by Crippen LogP contribution is -2.05. The zero-order valence-corrected chi connectivity index (χ0v) is 15.4. The monoisotopic (exact) mass is 325 g/mol. The molecule has 0 saturated carbocycles. The zero-order chi connectivity index (χ0) is 16.5. The Kier molecular flexibility index (Phi) is 16.5. The van der Waals surface area contributed by atoms with Crippen LogP contribution < -0.4 is 0 Å². The van der Waals surface area contributed by atoms with Crippen LogP contribution in [0.4, 0.5) is 0 Å². The van der Waals surface area contributed by atoms with Crippen molar-refractivity contribution in [1.29, 1.82) is 5.26 Å². The smallest absolute Gasteiger partial charge is 0.203 e. The number of hydrogen-bond acceptors (Lipinski definition) is 2. The lowest BCUT2D eigenvalue weighted by Gasteiger charge is -2.05. The summed E-state index contributed by atoms with van der Waals surface area (Å²) in [5.41, 5.74) is 0. The molecule has 0 aromatic heterocycles. The number of thiol groups is 1. The molecule has 1 unspecified atom stereocenters. The van der Waals surface area contributed by atoms with E-state index in [0.29, 0.717) is 6.42 Å². The van der Waals surface area contributed by atoms with E-state index in [1.807, 2.05) is 6.07 Å². The fourth-order valence-electron chi connectivity index (χ4n) is 2.79. The van der Waals surface area contributed by atoms with Crippen LogP contribution in [0, 0.1) is 17.2 Å². The fourth-order valence-corrected chi connectivity index (χ4v) is 2.97. The molecule has 128 valence electrons. The number of nitriles is 1. The van der Waals surface area contributed by atoms with Crippen LogP contribution in [0.5, 0.6) is 0 Å². The van der Waals surface area contributed by atoms with Gasteiger partial charge in [-0.2, -0.15) is 5.26 Å². The minimum atomic E-state index is -0.499. The molecule has 22 heavy (non-hydrogen) atoms. The average molecular weight is 326 g/mol. The molecular weight excluding hydrogens is 290 g/mol. The van der Waals surface area contributed by atoms with E-state index >= 15 is 0 Å². The van der Waals surface area contributed by atoms with Crippen molar-refractivity contribution in [1.82, 2.24) is 0 Å². The first-order valence-electron chi connectivity index (χ1n) is 9.34. The maximum absolute atomic E-state index is 11.0. The molecule has 0 rings (SSSR count). The van der Waals surface area contributed by atoms with E-state index in [2.05, 4.69) is 19.6 Å². The van der Waals surface area contributed by atoms with Crippen molar-refractivity contribution >= 4 is 17.7 Å². The fraction of sp³-hybridized carbons (Fsp3) is 0.895. The number of rotatable bonds is 16. The Morgan fingerprint density at radius 2 is 1.18 bits per heavy atom. The highest BCUT2D eigenvalue weighted by Gasteiger charge is 2.12. The zero-order valence-electron chi connectivity index (χ0n) is 14.5. The van der Waals surface area contributed by atoms with Crippen molar-refractivity contribution in [3.63, 3.8) is 0 Å². The van der Waals surface area contributed by atoms with Crippen molar-refractivity contribution in [3.05, 3.63) is 0 Å². The molecule has 3 heteroatoms. The molecule has 0 radical (unpaired) electrons. The molecule has 0 N–H and O–H groups in total. The first-order valence-corrected chi connectivity index (χ1v) is 9.79. The Labute approximate surface area is 143 Å². The van der Waals surface area contributed by atoms with Gasteiger partial charge in [-0.3, -0.25) is 4.79 Å². The predicted octanol–water partition coefficient (Wildman–Crippen LogP) is 6.45. The molecule has 0 bridgehead atoms. The molecule has 0 aromatic rings. The van der Waals surface area contributed by atoms with E-state index in [1.54, 1.807) is 0 Å². The Hall–Kier alpha value is -0.490. The summed E-state index contributed by atoms with van der Waals surface area (Å²) in [6, 6.07) is 2.02. The van der Waals surface area contributed by atoms with E-state index in [1.165, 1.54) is 77.0 Å². The van der Waals surface area contributed by atoms with Gasteiger partial charge in [0.1, 0.15) is 5.92 Å². The number of nitrogens with zero attached hydrogens (tertiary/aromatic N) is 1. The van der Waals surface area contributed by atoms with Crippen LogP contribution in [-0.2, 0) is 4.79 Å². The molecule has 0 fully saturated rings. The lowest BCUT2D eigenvalue weighted by molar-refractivity contribution is -0.112. The standard InChI is InChI=1S/C19H35NOS/c1-2-3-4-5-6-7-8-9-10-11-12-13-14-15-16-18(17-20)19(21)22/h18H,2-16H2,1H3,(H,21,22). The number of unbranched alkanes of at least 4 members (excludes halogenated alkanes) is 13. The highest BCUT2D eigenvalue weighted by atomic mass is 32.1. The molecular formula is C19H35NOS. The van der Waals surface area contributed by atoms with Gasteiger partial charge < -0.3 is 0 Å². The Balaban J connectivity index is 3.15. The van der Waals surface area contributed by atoms with E-state index < -0.39 is 5.92 Å². The Bertz CT molecular complexity index is 298. The summed E-state index contributed by atoms with van der Waals surface area (Å²) < 4.78 is 0. The van der Waals surface area contributed by atoms with Gasteiger partial charge in [0, 0.05) is 0 Å². The van der Waals surface area contributed by atoms with Crippen LogP contribution >= 0.6 is 12.6 Å². The van der Waals surface area contributed by atoms with Crippen LogP contribution in [0.25, 0.3) is 0 Å². The molecule has 2 nitrogen and oxygen atoms in total. The van der Waals surface area contributed by atoms with E-state index in [-0.39, 0.29) is 5.12 Å². The van der Waals surface area contributed by atoms with E-state index in [0.717, 1.165) is 12.8 Å². The quantitative estimate of drug-likeness (QED) is 0.261. The first kappa shape index (κ1) is 21.5. The van der Waals surface area contributed by atoms with E-state index in [4.69, 9.17) is 5.26 Å². The van der Waals surface area contributed by atoms with Gasteiger partial charge in [-0.25, -0.2) is 0 Å². The number of hydrogen-bond donors (Lipinski definition) is 1. The van der Waals surface area contributed by atoms with Gasteiger partial charge in [-0.1, -0.05) is 96.8 Å². The largest absolute Gasteiger partial charge is 0.286 e. The number of carbonyl (C=O) groups excluding carboxylic acids is 1. The second-order valence-electron chi connectivity index (χ2n) is 6.40. The first-order chi connectivity index (χ1) is 10.7. The highest BCUT2D eigenvalue weighted by molar-refractivity contribution is 7.96. The minimum absolute atomic E-state index is 0.280. The molecule has 0 saturated heterocycles. The lowest BCUT2D eigenvalue weighted by atomic mass is 10.0. The van der Waals surface area contributed by atoms with Crippen molar-refractivity contribution in [2.24, 2.45) is 5.92 Å². The minimum Gasteiger partial charge on any atom is -0.286 e. The van der Waals surface area contributed by atoms with Gasteiger partial charge in [-0.15, -0.1) is 12.6 Å². The molecule has 1 atom stereocenters. The van der Waals surface area contributed by atoms with Crippen LogP contribution in [0.2, 0.25) is 0 Å². The van der Waals surface area contributed by atoms with Crippen LogP contribution in [0.15, 0.2) is 0 Å². The third-order valence-corrected chi connectivity index (χ3v) is 4.61. The van der Waals surface area contributed by atoms with Gasteiger partial charge in [-0.05, 0) is 6.42 Å². The normalized spacial score (nSPS) is 12.0. The molecule has 0 aliphatic heterocycles. The van der Waals surface area contributed by atoms with Crippen molar-refractivity contribution in [2.75, 3.05) is 0 Å². The maximum atomic E-state index is 11.0. The average Bonchev–Trinajstić information content (AvgIpc) is 2.51. The second-order valence-corrected chi connectivity index (χ2v) is 6.85. The summed E-state index contributed by atoms with van der Waals surface area (Å²) in [6.07, 6.45) is 19.2. The molecule has 0 amide bonds. The Morgan fingerprint density at radius 1 is 0.818 bits per heavy atom. The van der Waals surface area contributed by atoms with Crippen molar-refractivity contribution in [2.45, 2.75) is 103 Å². The van der Waals surface area contributed by atoms with Gasteiger partial charge in [0.2, 0.25) is 5.12 Å². The summed E-state index contributed by atoms with van der Waals surface area (Å²) in [5.74, 6) is -0.499. The predicted molar refractivity (Wildman–Crippen MR) is 98.0 cm³/mol. The number of carbonyl (C=O) groups is 1. The summed E-state index contributed by atoms with van der Waals surface area (Å²) in [4.78, 5) is 11.0. The van der Waals surface area contributed by atoms with Gasteiger partial charge in [0.05, 0.1) is 6.07 Å². The summed E-state index contributed by atoms with van der Waals surface area (Å²) in [6.45, 7) is 2.27. The molecule has 0 heterocycles.